The zero-order valence-electron chi connectivity index (χ0n) is 25.6. The average Bonchev–Trinajstić information content (AvgIpc) is 3.56. The van der Waals surface area contributed by atoms with Gasteiger partial charge in [-0.3, -0.25) is 14.4 Å². The fraction of sp³-hybridized carbons (Fsp3) is 0.656. The minimum Gasteiger partial charge on any atom is -0.350 e. The predicted molar refractivity (Wildman–Crippen MR) is 160 cm³/mol. The molecule has 1 aliphatic carbocycles. The molecular formula is C32H48N6O5. The number of ether oxygens (including phenoxy) is 1. The lowest BCUT2D eigenvalue weighted by molar-refractivity contribution is -0.206. The summed E-state index contributed by atoms with van der Waals surface area (Å²) >= 11 is 0. The molecule has 1 N–H and O–H groups in total. The first kappa shape index (κ1) is 32.6. The summed E-state index contributed by atoms with van der Waals surface area (Å²) < 4.78 is 7.08. The number of hydroxylamine groups is 1. The van der Waals surface area contributed by atoms with E-state index in [1.807, 2.05) is 37.3 Å². The van der Waals surface area contributed by atoms with Gasteiger partial charge in [-0.25, -0.2) is 25.0 Å². The van der Waals surface area contributed by atoms with E-state index in [0.717, 1.165) is 37.7 Å². The van der Waals surface area contributed by atoms with Gasteiger partial charge < -0.3 is 4.74 Å². The maximum absolute atomic E-state index is 14.0. The Labute approximate surface area is 255 Å². The standard InChI is InChI=1S/C32H48N6O5/c1-2-3-19-29(39)38(37(24-27-15-8-5-9-16-27)30(40)25-36-22-21-33-35-36)28(18-12-17-26-13-6-4-7-14-26)32(41)34-43-31-20-10-11-23-42-31/h5,8-9,15-16,21-22,26,28,31H,2-4,6-7,10-14,17-20,23-25H2,1H3,(H,34,41)/t28-,31+/m0/s1. The molecule has 11 heteroatoms. The third kappa shape index (κ3) is 10.4. The second kappa shape index (κ2) is 17.7. The summed E-state index contributed by atoms with van der Waals surface area (Å²) in [5.41, 5.74) is 3.46. The van der Waals surface area contributed by atoms with Gasteiger partial charge in [0.25, 0.3) is 11.8 Å². The molecule has 1 saturated carbocycles. The molecule has 1 aliphatic heterocycles. The summed E-state index contributed by atoms with van der Waals surface area (Å²) in [5, 5.41) is 10.6. The number of aromatic nitrogens is 3. The molecule has 11 nitrogen and oxygen atoms in total. The fourth-order valence-electron chi connectivity index (χ4n) is 5.93. The van der Waals surface area contributed by atoms with E-state index in [-0.39, 0.29) is 31.3 Å². The first-order valence-corrected chi connectivity index (χ1v) is 16.1. The van der Waals surface area contributed by atoms with Crippen molar-refractivity contribution in [1.82, 2.24) is 30.5 Å². The second-order valence-corrected chi connectivity index (χ2v) is 11.7. The number of nitrogens with one attached hydrogen (secondary N) is 1. The molecule has 0 radical (unpaired) electrons. The lowest BCUT2D eigenvalue weighted by atomic mass is 9.85. The van der Waals surface area contributed by atoms with Crippen LogP contribution in [0.3, 0.4) is 0 Å². The molecule has 2 fully saturated rings. The van der Waals surface area contributed by atoms with E-state index in [1.54, 1.807) is 6.20 Å². The van der Waals surface area contributed by atoms with Crippen LogP contribution >= 0.6 is 0 Å². The molecule has 1 saturated heterocycles. The van der Waals surface area contributed by atoms with Crippen LogP contribution in [0, 0.1) is 5.92 Å². The third-order valence-electron chi connectivity index (χ3n) is 8.33. The topological polar surface area (TPSA) is 119 Å². The van der Waals surface area contributed by atoms with Gasteiger partial charge in [0.1, 0.15) is 12.6 Å². The van der Waals surface area contributed by atoms with E-state index in [2.05, 4.69) is 15.8 Å². The Balaban J connectivity index is 1.62. The minimum absolute atomic E-state index is 0.118. The van der Waals surface area contributed by atoms with Crippen LogP contribution in [0.15, 0.2) is 42.7 Å². The number of benzene rings is 1. The van der Waals surface area contributed by atoms with Crippen LogP contribution in [0.1, 0.15) is 102 Å². The number of hydrogen-bond acceptors (Lipinski definition) is 7. The molecule has 2 heterocycles. The Hall–Kier alpha value is -3.31. The number of amides is 3. The van der Waals surface area contributed by atoms with Crippen LogP contribution in [0.25, 0.3) is 0 Å². The van der Waals surface area contributed by atoms with Crippen molar-refractivity contribution in [2.45, 2.75) is 122 Å². The van der Waals surface area contributed by atoms with Crippen molar-refractivity contribution >= 4 is 17.7 Å². The fourth-order valence-corrected chi connectivity index (χ4v) is 5.93. The first-order valence-electron chi connectivity index (χ1n) is 16.1. The van der Waals surface area contributed by atoms with Crippen LogP contribution in [0.2, 0.25) is 0 Å². The van der Waals surface area contributed by atoms with Crippen LogP contribution in [0.4, 0.5) is 0 Å². The number of hydrogen-bond donors (Lipinski definition) is 1. The molecule has 0 spiro atoms. The number of rotatable bonds is 15. The van der Waals surface area contributed by atoms with Gasteiger partial charge in [-0.2, -0.15) is 0 Å². The van der Waals surface area contributed by atoms with Gasteiger partial charge >= 0.3 is 0 Å². The number of carbonyl (C=O) groups excluding carboxylic acids is 3. The summed E-state index contributed by atoms with van der Waals surface area (Å²) in [6.45, 7) is 2.61. The van der Waals surface area contributed by atoms with Gasteiger partial charge in [-0.1, -0.05) is 93.8 Å². The monoisotopic (exact) mass is 596 g/mol. The Morgan fingerprint density at radius 2 is 1.84 bits per heavy atom. The Morgan fingerprint density at radius 1 is 1.05 bits per heavy atom. The van der Waals surface area contributed by atoms with Crippen molar-refractivity contribution < 1.29 is 24.0 Å². The van der Waals surface area contributed by atoms with Crippen LogP contribution < -0.4 is 5.48 Å². The van der Waals surface area contributed by atoms with Crippen molar-refractivity contribution in [3.63, 3.8) is 0 Å². The summed E-state index contributed by atoms with van der Waals surface area (Å²) in [4.78, 5) is 47.6. The molecule has 3 amide bonds. The van der Waals surface area contributed by atoms with E-state index in [4.69, 9.17) is 9.57 Å². The number of hydrazine groups is 1. The van der Waals surface area contributed by atoms with Gasteiger partial charge in [0.05, 0.1) is 12.7 Å². The molecule has 43 heavy (non-hydrogen) atoms. The van der Waals surface area contributed by atoms with Gasteiger partial charge in [-0.05, 0) is 37.2 Å². The van der Waals surface area contributed by atoms with E-state index in [1.165, 1.54) is 53.0 Å². The van der Waals surface area contributed by atoms with Crippen molar-refractivity contribution in [3.8, 4) is 0 Å². The number of nitrogens with zero attached hydrogens (tertiary/aromatic N) is 5. The molecule has 1 aromatic carbocycles. The summed E-state index contributed by atoms with van der Waals surface area (Å²) in [5.74, 6) is -0.450. The second-order valence-electron chi connectivity index (χ2n) is 11.7. The first-order chi connectivity index (χ1) is 21.0. The smallest absolute Gasteiger partial charge is 0.268 e. The SMILES string of the molecule is CCCCC(=O)N([C@@H](CCCC1CCCCC1)C(=O)NO[C@@H]1CCCCO1)N(Cc1ccccc1)C(=O)Cn1ccnn1. The maximum atomic E-state index is 14.0. The molecule has 4 rings (SSSR count). The highest BCUT2D eigenvalue weighted by atomic mass is 16.8. The highest BCUT2D eigenvalue weighted by Crippen LogP contribution is 2.29. The Kier molecular flexibility index (Phi) is 13.4. The maximum Gasteiger partial charge on any atom is 0.268 e. The zero-order valence-corrected chi connectivity index (χ0v) is 25.6. The Bertz CT molecular complexity index is 1100. The average molecular weight is 597 g/mol. The summed E-state index contributed by atoms with van der Waals surface area (Å²) in [6.07, 6.45) is 15.2. The zero-order chi connectivity index (χ0) is 30.3. The summed E-state index contributed by atoms with van der Waals surface area (Å²) in [6, 6.07) is 8.58. The number of carbonyl (C=O) groups is 3. The van der Waals surface area contributed by atoms with Crippen LogP contribution in [0.5, 0.6) is 0 Å². The Morgan fingerprint density at radius 3 is 2.53 bits per heavy atom. The molecular weight excluding hydrogens is 548 g/mol. The van der Waals surface area contributed by atoms with E-state index >= 15 is 0 Å². The molecule has 236 valence electrons. The largest absolute Gasteiger partial charge is 0.350 e. The van der Waals surface area contributed by atoms with Crippen molar-refractivity contribution in [2.75, 3.05) is 6.61 Å². The highest BCUT2D eigenvalue weighted by molar-refractivity contribution is 5.89. The van der Waals surface area contributed by atoms with Crippen molar-refractivity contribution in [1.29, 1.82) is 0 Å². The molecule has 2 aliphatic rings. The predicted octanol–water partition coefficient (Wildman–Crippen LogP) is 4.93. The highest BCUT2D eigenvalue weighted by Gasteiger charge is 2.37. The lowest BCUT2D eigenvalue weighted by Gasteiger charge is -2.40. The van der Waals surface area contributed by atoms with Gasteiger partial charge in [0, 0.05) is 25.6 Å². The molecule has 0 unspecified atom stereocenters. The van der Waals surface area contributed by atoms with Gasteiger partial charge in [0.2, 0.25) is 5.91 Å². The molecule has 2 aromatic rings. The van der Waals surface area contributed by atoms with Gasteiger partial charge in [-0.15, -0.1) is 5.10 Å². The molecule has 2 atom stereocenters. The van der Waals surface area contributed by atoms with E-state index in [0.29, 0.717) is 31.8 Å². The third-order valence-corrected chi connectivity index (χ3v) is 8.33. The molecule has 0 bridgehead atoms. The van der Waals surface area contributed by atoms with Crippen molar-refractivity contribution in [3.05, 3.63) is 48.3 Å². The van der Waals surface area contributed by atoms with Crippen molar-refractivity contribution in [2.24, 2.45) is 5.92 Å². The van der Waals surface area contributed by atoms with E-state index < -0.39 is 18.2 Å². The normalized spacial score (nSPS) is 18.1. The van der Waals surface area contributed by atoms with Gasteiger partial charge in [0.15, 0.2) is 6.29 Å². The molecule has 1 aromatic heterocycles. The van der Waals surface area contributed by atoms with Crippen LogP contribution in [-0.2, 0) is 37.0 Å². The minimum atomic E-state index is -0.931. The van der Waals surface area contributed by atoms with E-state index in [9.17, 15) is 14.4 Å². The van der Waals surface area contributed by atoms with Crippen LogP contribution in [-0.4, -0.2) is 61.7 Å². The number of unbranched alkanes of at least 4 members (excludes halogenated alkanes) is 1. The summed E-state index contributed by atoms with van der Waals surface area (Å²) in [7, 11) is 0. The quantitative estimate of drug-likeness (QED) is 0.290. The lowest BCUT2D eigenvalue weighted by Crippen LogP contribution is -2.59.